The van der Waals surface area contributed by atoms with E-state index in [2.05, 4.69) is 14.7 Å². The highest BCUT2D eigenvalue weighted by Crippen LogP contribution is 2.29. The van der Waals surface area contributed by atoms with Crippen LogP contribution in [0.4, 0.5) is 5.82 Å². The molecule has 3 aromatic rings. The molecule has 0 aliphatic heterocycles. The summed E-state index contributed by atoms with van der Waals surface area (Å²) in [5.41, 5.74) is 1.96. The molecule has 0 saturated heterocycles. The van der Waals surface area contributed by atoms with Crippen LogP contribution in [-0.4, -0.2) is 18.4 Å². The monoisotopic (exact) mass is 319 g/mol. The first-order chi connectivity index (χ1) is 9.97. The van der Waals surface area contributed by atoms with Crippen LogP contribution in [0.25, 0.3) is 10.2 Å². The molecular weight excluding hydrogens is 306 g/mol. The molecule has 5 nitrogen and oxygen atoms in total. The maximum Gasteiger partial charge on any atom is 0.263 e. The summed E-state index contributed by atoms with van der Waals surface area (Å²) in [4.78, 5) is 9.21. The van der Waals surface area contributed by atoms with Gasteiger partial charge in [-0.3, -0.25) is 4.72 Å². The van der Waals surface area contributed by atoms with Crippen molar-refractivity contribution < 1.29 is 8.42 Å². The number of nitrogens with one attached hydrogen (secondary N) is 1. The molecule has 0 unspecified atom stereocenters. The predicted octanol–water partition coefficient (Wildman–Crippen LogP) is 3.11. The molecular formula is C14H13N3O2S2. The summed E-state index contributed by atoms with van der Waals surface area (Å²) in [5.74, 6) is 0.319. The van der Waals surface area contributed by atoms with Crippen LogP contribution in [0.3, 0.4) is 0 Å². The third kappa shape index (κ3) is 2.62. The Kier molecular flexibility index (Phi) is 3.38. The first kappa shape index (κ1) is 14.0. The van der Waals surface area contributed by atoms with E-state index in [0.29, 0.717) is 5.82 Å². The van der Waals surface area contributed by atoms with E-state index in [-0.39, 0.29) is 4.90 Å². The molecule has 0 amide bonds. The highest BCUT2D eigenvalue weighted by Gasteiger charge is 2.17. The van der Waals surface area contributed by atoms with Crippen LogP contribution in [0, 0.1) is 13.8 Å². The fraction of sp³-hybridized carbons (Fsp3) is 0.143. The Morgan fingerprint density at radius 1 is 1.10 bits per heavy atom. The summed E-state index contributed by atoms with van der Waals surface area (Å²) < 4.78 is 27.4. The summed E-state index contributed by atoms with van der Waals surface area (Å²) in [5, 5.41) is 2.68. The van der Waals surface area contributed by atoms with E-state index in [1.54, 1.807) is 24.3 Å². The van der Waals surface area contributed by atoms with Crippen LogP contribution >= 0.6 is 11.3 Å². The molecule has 0 spiro atoms. The molecule has 0 saturated carbocycles. The van der Waals surface area contributed by atoms with Crippen molar-refractivity contribution >= 4 is 37.4 Å². The summed E-state index contributed by atoms with van der Waals surface area (Å²) in [6, 6.07) is 6.69. The van der Waals surface area contributed by atoms with Crippen LogP contribution in [0.1, 0.15) is 11.1 Å². The molecule has 21 heavy (non-hydrogen) atoms. The Labute approximate surface area is 126 Å². The lowest BCUT2D eigenvalue weighted by Crippen LogP contribution is -2.14. The average Bonchev–Trinajstić information content (AvgIpc) is 2.82. The average molecular weight is 319 g/mol. The van der Waals surface area contributed by atoms with Crippen LogP contribution in [0.2, 0.25) is 0 Å². The predicted molar refractivity (Wildman–Crippen MR) is 84.1 cm³/mol. The number of hydrogen-bond donors (Lipinski definition) is 1. The minimum absolute atomic E-state index is 0.216. The lowest BCUT2D eigenvalue weighted by molar-refractivity contribution is 0.601. The van der Waals surface area contributed by atoms with E-state index < -0.39 is 10.0 Å². The number of fused-ring (bicyclic) bond motifs is 1. The van der Waals surface area contributed by atoms with Crippen molar-refractivity contribution in [1.82, 2.24) is 9.97 Å². The molecule has 0 aliphatic carbocycles. The van der Waals surface area contributed by atoms with E-state index in [0.717, 1.165) is 21.3 Å². The second-order valence-electron chi connectivity index (χ2n) is 4.74. The van der Waals surface area contributed by atoms with Gasteiger partial charge < -0.3 is 0 Å². The van der Waals surface area contributed by atoms with Gasteiger partial charge in [0.2, 0.25) is 0 Å². The number of thiophene rings is 1. The molecule has 0 fully saturated rings. The second-order valence-corrected chi connectivity index (χ2v) is 7.28. The zero-order valence-corrected chi connectivity index (χ0v) is 13.1. The topological polar surface area (TPSA) is 72.0 Å². The molecule has 3 rings (SSSR count). The van der Waals surface area contributed by atoms with Gasteiger partial charge >= 0.3 is 0 Å². The molecule has 0 aliphatic rings. The molecule has 0 bridgehead atoms. The number of hydrogen-bond acceptors (Lipinski definition) is 5. The van der Waals surface area contributed by atoms with Gasteiger partial charge in [0, 0.05) is 0 Å². The standard InChI is InChI=1S/C14H13N3O2S2/c1-9-3-5-11(6-4-9)21(18,19)17-13-12-10(2)7-20-14(12)16-8-15-13/h3-8H,1-2H3,(H,15,16,17). The quantitative estimate of drug-likeness (QED) is 0.805. The number of aryl methyl sites for hydroxylation is 2. The molecule has 2 heterocycles. The van der Waals surface area contributed by atoms with Gasteiger partial charge in [0.15, 0.2) is 5.82 Å². The zero-order chi connectivity index (χ0) is 15.0. The number of anilines is 1. The lowest BCUT2D eigenvalue weighted by Gasteiger charge is -2.08. The second kappa shape index (κ2) is 5.09. The van der Waals surface area contributed by atoms with E-state index in [1.165, 1.54) is 17.7 Å². The Hall–Kier alpha value is -1.99. The van der Waals surface area contributed by atoms with Gasteiger partial charge in [0.1, 0.15) is 11.2 Å². The first-order valence-corrected chi connectivity index (χ1v) is 8.62. The third-order valence-corrected chi connectivity index (χ3v) is 5.48. The van der Waals surface area contributed by atoms with E-state index >= 15 is 0 Å². The maximum absolute atomic E-state index is 12.4. The van der Waals surface area contributed by atoms with Crippen LogP contribution in [0.5, 0.6) is 0 Å². The van der Waals surface area contributed by atoms with Crippen molar-refractivity contribution in [2.45, 2.75) is 18.7 Å². The Morgan fingerprint density at radius 2 is 1.81 bits per heavy atom. The largest absolute Gasteiger partial charge is 0.263 e. The third-order valence-electron chi connectivity index (χ3n) is 3.12. The fourth-order valence-electron chi connectivity index (χ4n) is 2.00. The van der Waals surface area contributed by atoms with Crippen LogP contribution in [0.15, 0.2) is 40.9 Å². The smallest absolute Gasteiger partial charge is 0.263 e. The van der Waals surface area contributed by atoms with Gasteiger partial charge in [-0.2, -0.15) is 0 Å². The van der Waals surface area contributed by atoms with Crippen molar-refractivity contribution in [3.05, 3.63) is 47.1 Å². The number of rotatable bonds is 3. The lowest BCUT2D eigenvalue weighted by atomic mass is 10.2. The number of aromatic nitrogens is 2. The Morgan fingerprint density at radius 3 is 2.52 bits per heavy atom. The van der Waals surface area contributed by atoms with Gasteiger partial charge in [0.25, 0.3) is 10.0 Å². The van der Waals surface area contributed by atoms with Gasteiger partial charge in [-0.1, -0.05) is 17.7 Å². The molecule has 0 atom stereocenters. The minimum atomic E-state index is -3.65. The molecule has 108 valence electrons. The van der Waals surface area contributed by atoms with Crippen LogP contribution < -0.4 is 4.72 Å². The van der Waals surface area contributed by atoms with Crippen molar-refractivity contribution in [3.8, 4) is 0 Å². The van der Waals surface area contributed by atoms with Gasteiger partial charge in [0.05, 0.1) is 10.3 Å². The van der Waals surface area contributed by atoms with Gasteiger partial charge in [-0.25, -0.2) is 18.4 Å². The molecule has 7 heteroatoms. The summed E-state index contributed by atoms with van der Waals surface area (Å²) in [7, 11) is -3.65. The molecule has 0 radical (unpaired) electrons. The molecule has 2 aromatic heterocycles. The first-order valence-electron chi connectivity index (χ1n) is 6.26. The van der Waals surface area contributed by atoms with Crippen molar-refractivity contribution in [2.24, 2.45) is 0 Å². The van der Waals surface area contributed by atoms with E-state index in [9.17, 15) is 8.42 Å². The van der Waals surface area contributed by atoms with E-state index in [1.807, 2.05) is 19.2 Å². The summed E-state index contributed by atoms with van der Waals surface area (Å²) in [6.07, 6.45) is 1.37. The number of nitrogens with zero attached hydrogens (tertiary/aromatic N) is 2. The normalized spacial score (nSPS) is 11.7. The fourth-order valence-corrected chi connectivity index (χ4v) is 3.91. The van der Waals surface area contributed by atoms with Gasteiger partial charge in [-0.15, -0.1) is 11.3 Å². The highest BCUT2D eigenvalue weighted by atomic mass is 32.2. The van der Waals surface area contributed by atoms with Crippen molar-refractivity contribution in [3.63, 3.8) is 0 Å². The Balaban J connectivity index is 2.05. The SMILES string of the molecule is Cc1ccc(S(=O)(=O)Nc2ncnc3scc(C)c23)cc1. The summed E-state index contributed by atoms with van der Waals surface area (Å²) >= 11 is 1.47. The number of benzene rings is 1. The molecule has 1 N–H and O–H groups in total. The zero-order valence-electron chi connectivity index (χ0n) is 11.5. The number of sulfonamides is 1. The highest BCUT2D eigenvalue weighted by molar-refractivity contribution is 7.92. The minimum Gasteiger partial charge on any atom is -0.263 e. The van der Waals surface area contributed by atoms with Crippen LogP contribution in [-0.2, 0) is 10.0 Å². The van der Waals surface area contributed by atoms with E-state index in [4.69, 9.17) is 0 Å². The maximum atomic E-state index is 12.4. The van der Waals surface area contributed by atoms with Crippen molar-refractivity contribution in [2.75, 3.05) is 4.72 Å². The molecule has 1 aromatic carbocycles. The Bertz CT molecular complexity index is 900. The van der Waals surface area contributed by atoms with Gasteiger partial charge in [-0.05, 0) is 36.9 Å². The van der Waals surface area contributed by atoms with Crippen molar-refractivity contribution in [1.29, 1.82) is 0 Å². The summed E-state index contributed by atoms with van der Waals surface area (Å²) in [6.45, 7) is 3.82.